The number of piperazine rings is 1. The molecule has 0 saturated carbocycles. The molecule has 0 spiro atoms. The standard InChI is InChI=1S/C47H52ClFN10O7S2/c1-46(2)14-12-33(38(27-46)31-4-6-34(48)7-5-31)29-55-20-22-56(23-21-55)35-8-10-37(41(25-35)58-42-24-32-13-17-50-44(32)53-40(42)28-52-58)45(60)54-68(65,66)36-9-11-39(43(26-36)59(61)62)51-30-47(49)15-18-57(19-16-47)67(3,63)64/h4-11,13,17,24-26,28,51-52H,12,14-16,18-23,27,29-30H2,1-3H3,(H,54,60). The molecule has 6 aromatic rings. The number of nitro groups is 1. The number of sulfonamides is 2. The number of aromatic nitrogens is 4. The average molecular weight is 988 g/mol. The second-order valence-electron chi connectivity index (χ2n) is 18.8. The normalized spacial score (nSPS) is 18.3. The number of anilines is 2. The Morgan fingerprint density at radius 3 is 2.38 bits per heavy atom. The molecule has 21 heteroatoms. The van der Waals surface area contributed by atoms with Crippen LogP contribution in [-0.4, -0.2) is 121 Å². The van der Waals surface area contributed by atoms with Gasteiger partial charge in [0.1, 0.15) is 16.9 Å². The molecule has 5 heterocycles. The maximum atomic E-state index is 15.7. The number of alkyl halides is 1. The molecule has 2 aliphatic heterocycles. The maximum absolute atomic E-state index is 15.7. The number of aromatic amines is 1. The molecule has 17 nitrogen and oxygen atoms in total. The first-order valence-electron chi connectivity index (χ1n) is 22.4. The van der Waals surface area contributed by atoms with E-state index in [-0.39, 0.29) is 49.1 Å². The number of nitro benzene ring substituents is 1. The number of halogens is 2. The third-order valence-corrected chi connectivity index (χ3v) is 16.3. The Kier molecular flexibility index (Phi) is 12.6. The highest BCUT2D eigenvalue weighted by Crippen LogP contribution is 2.43. The van der Waals surface area contributed by atoms with Gasteiger partial charge in [0, 0.05) is 86.9 Å². The summed E-state index contributed by atoms with van der Waals surface area (Å²) >= 11 is 6.25. The summed E-state index contributed by atoms with van der Waals surface area (Å²) in [5, 5.41) is 19.6. The van der Waals surface area contributed by atoms with Crippen molar-refractivity contribution in [1.82, 2.24) is 33.7 Å². The van der Waals surface area contributed by atoms with E-state index in [4.69, 9.17) is 11.6 Å². The molecule has 0 radical (unpaired) electrons. The number of benzene rings is 3. The quantitative estimate of drug-likeness (QED) is 0.0758. The fraction of sp³-hybridized carbons (Fsp3) is 0.383. The van der Waals surface area contributed by atoms with Crippen molar-refractivity contribution in [2.24, 2.45) is 5.41 Å². The number of carbonyl (C=O) groups excluding carboxylic acids is 1. The number of piperidine rings is 1. The number of pyridine rings is 1. The first-order chi connectivity index (χ1) is 32.2. The van der Waals surface area contributed by atoms with Crippen molar-refractivity contribution in [2.75, 3.05) is 68.8 Å². The first-order valence-corrected chi connectivity index (χ1v) is 26.1. The van der Waals surface area contributed by atoms with Gasteiger partial charge in [0.05, 0.1) is 32.8 Å². The Bertz CT molecular complexity index is 3200. The molecular formula is C47H52ClFN10O7S2. The molecule has 358 valence electrons. The third-order valence-electron chi connectivity index (χ3n) is 13.4. The number of hydrogen-bond acceptors (Lipinski definition) is 12. The number of allylic oxidation sites excluding steroid dienone is 1. The van der Waals surface area contributed by atoms with Crippen LogP contribution in [0.5, 0.6) is 0 Å². The van der Waals surface area contributed by atoms with Gasteiger partial charge in [-0.2, -0.15) is 0 Å². The van der Waals surface area contributed by atoms with Crippen molar-refractivity contribution >= 4 is 82.3 Å². The van der Waals surface area contributed by atoms with Gasteiger partial charge < -0.3 is 10.2 Å². The zero-order chi connectivity index (χ0) is 48.2. The van der Waals surface area contributed by atoms with Crippen LogP contribution in [0.1, 0.15) is 61.9 Å². The molecule has 68 heavy (non-hydrogen) atoms. The molecule has 1 aliphatic carbocycles. The van der Waals surface area contributed by atoms with E-state index in [2.05, 4.69) is 60.9 Å². The van der Waals surface area contributed by atoms with Gasteiger partial charge in [-0.15, -0.1) is 0 Å². The number of H-pyrrole nitrogens is 1. The molecule has 0 atom stereocenters. The summed E-state index contributed by atoms with van der Waals surface area (Å²) < 4.78 is 72.3. The topological polar surface area (TPSA) is 209 Å². The predicted octanol–water partition coefficient (Wildman–Crippen LogP) is 7.54. The lowest BCUT2D eigenvalue weighted by atomic mass is 9.72. The van der Waals surface area contributed by atoms with E-state index < -0.39 is 47.1 Å². The molecule has 0 bridgehead atoms. The van der Waals surface area contributed by atoms with Crippen molar-refractivity contribution in [3.05, 3.63) is 117 Å². The van der Waals surface area contributed by atoms with Crippen LogP contribution in [0.3, 0.4) is 0 Å². The Labute approximate surface area is 398 Å². The Morgan fingerprint density at radius 1 is 0.941 bits per heavy atom. The molecule has 0 unspecified atom stereocenters. The summed E-state index contributed by atoms with van der Waals surface area (Å²) in [6, 6.07) is 20.0. The van der Waals surface area contributed by atoms with Gasteiger partial charge in [0.25, 0.3) is 21.6 Å². The molecule has 3 aromatic heterocycles. The first kappa shape index (κ1) is 47.1. The minimum atomic E-state index is -4.71. The van der Waals surface area contributed by atoms with Crippen LogP contribution in [-0.2, 0) is 20.0 Å². The SMILES string of the molecule is CC1(C)CCC(CN2CCN(c3ccc(C(=O)NS(=O)(=O)c4ccc(NCC5(F)CCN(S(C)(=O)=O)CC5)c([N+](=O)[O-])c4)c(-n4[nH]cc5nc6nccc6cc54)c3)CC2)=C(c2ccc(Cl)cc2)C1. The zero-order valence-corrected chi connectivity index (χ0v) is 40.2. The molecule has 3 aliphatic rings. The van der Waals surface area contributed by atoms with Gasteiger partial charge in [-0.05, 0) is 103 Å². The smallest absolute Gasteiger partial charge is 0.293 e. The van der Waals surface area contributed by atoms with Crippen molar-refractivity contribution in [1.29, 1.82) is 0 Å². The van der Waals surface area contributed by atoms with E-state index in [0.717, 1.165) is 74.4 Å². The lowest BCUT2D eigenvalue weighted by molar-refractivity contribution is -0.384. The van der Waals surface area contributed by atoms with Gasteiger partial charge in [-0.1, -0.05) is 43.2 Å². The van der Waals surface area contributed by atoms with E-state index in [1.54, 1.807) is 29.2 Å². The van der Waals surface area contributed by atoms with Crippen molar-refractivity contribution in [3.63, 3.8) is 0 Å². The predicted molar refractivity (Wildman–Crippen MR) is 261 cm³/mol. The highest BCUT2D eigenvalue weighted by molar-refractivity contribution is 7.90. The van der Waals surface area contributed by atoms with Crippen molar-refractivity contribution in [2.45, 2.75) is 56.5 Å². The van der Waals surface area contributed by atoms with E-state index >= 15 is 4.39 Å². The number of fused-ring (bicyclic) bond motifs is 2. The Morgan fingerprint density at radius 2 is 1.68 bits per heavy atom. The summed E-state index contributed by atoms with van der Waals surface area (Å²) in [7, 11) is -8.21. The fourth-order valence-electron chi connectivity index (χ4n) is 9.47. The number of rotatable bonds is 13. The molecule has 3 aromatic carbocycles. The largest absolute Gasteiger partial charge is 0.376 e. The van der Waals surface area contributed by atoms with Gasteiger partial charge in [-0.25, -0.2) is 40.2 Å². The number of nitrogens with zero attached hydrogens (tertiary/aromatic N) is 7. The summed E-state index contributed by atoms with van der Waals surface area (Å²) in [5.74, 6) is -0.985. The summed E-state index contributed by atoms with van der Waals surface area (Å²) in [4.78, 5) is 38.8. The summed E-state index contributed by atoms with van der Waals surface area (Å²) in [6.07, 6.45) is 7.23. The Hall–Kier alpha value is -5.93. The second kappa shape index (κ2) is 18.2. The van der Waals surface area contributed by atoms with E-state index in [9.17, 15) is 31.7 Å². The zero-order valence-electron chi connectivity index (χ0n) is 37.8. The van der Waals surface area contributed by atoms with E-state index in [1.807, 2.05) is 30.3 Å². The molecule has 3 N–H and O–H groups in total. The molecule has 2 fully saturated rings. The van der Waals surface area contributed by atoms with Crippen LogP contribution >= 0.6 is 11.6 Å². The van der Waals surface area contributed by atoms with Crippen LogP contribution in [0.4, 0.5) is 21.5 Å². The molecule has 2 saturated heterocycles. The monoisotopic (exact) mass is 986 g/mol. The molecular weight excluding hydrogens is 935 g/mol. The van der Waals surface area contributed by atoms with E-state index in [1.165, 1.54) is 21.0 Å². The minimum Gasteiger partial charge on any atom is -0.376 e. The van der Waals surface area contributed by atoms with Gasteiger partial charge in [-0.3, -0.25) is 29.6 Å². The van der Waals surface area contributed by atoms with Crippen molar-refractivity contribution < 1.29 is 30.9 Å². The number of nitrogens with one attached hydrogen (secondary N) is 3. The van der Waals surface area contributed by atoms with Crippen LogP contribution in [0.2, 0.25) is 5.02 Å². The van der Waals surface area contributed by atoms with Gasteiger partial charge in [0.2, 0.25) is 10.0 Å². The highest BCUT2D eigenvalue weighted by Gasteiger charge is 2.38. The third kappa shape index (κ3) is 9.96. The molecule has 9 rings (SSSR count). The second-order valence-corrected chi connectivity index (χ2v) is 22.9. The number of carbonyl (C=O) groups is 1. The van der Waals surface area contributed by atoms with Crippen LogP contribution < -0.4 is 14.9 Å². The maximum Gasteiger partial charge on any atom is 0.293 e. The summed E-state index contributed by atoms with van der Waals surface area (Å²) in [6.45, 7) is 8.01. The van der Waals surface area contributed by atoms with E-state index in [0.29, 0.717) is 40.5 Å². The number of hydrogen-bond donors (Lipinski definition) is 3. The van der Waals surface area contributed by atoms with Crippen LogP contribution in [0.15, 0.2) is 95.7 Å². The highest BCUT2D eigenvalue weighted by atomic mass is 35.5. The lowest BCUT2D eigenvalue weighted by Crippen LogP contribution is -2.47. The van der Waals surface area contributed by atoms with Crippen LogP contribution in [0.25, 0.3) is 33.3 Å². The minimum absolute atomic E-state index is 0.00437. The lowest BCUT2D eigenvalue weighted by Gasteiger charge is -2.39. The van der Waals surface area contributed by atoms with Gasteiger partial charge in [0.15, 0.2) is 5.65 Å². The number of amides is 1. The van der Waals surface area contributed by atoms with Gasteiger partial charge >= 0.3 is 0 Å². The van der Waals surface area contributed by atoms with Crippen LogP contribution in [0, 0.1) is 15.5 Å². The molecule has 1 amide bonds. The fourth-order valence-corrected chi connectivity index (χ4v) is 11.4. The Balaban J connectivity index is 0.957. The van der Waals surface area contributed by atoms with Crippen molar-refractivity contribution in [3.8, 4) is 5.69 Å². The average Bonchev–Trinajstić information content (AvgIpc) is 3.94. The summed E-state index contributed by atoms with van der Waals surface area (Å²) in [5.41, 5.74) is 4.45.